The molecule has 0 aliphatic carbocycles. The van der Waals surface area contributed by atoms with Gasteiger partial charge < -0.3 is 24.6 Å². The first kappa shape index (κ1) is 17.2. The van der Waals surface area contributed by atoms with Crippen molar-refractivity contribution in [3.05, 3.63) is 28.2 Å². The van der Waals surface area contributed by atoms with Crippen molar-refractivity contribution in [1.29, 1.82) is 0 Å². The number of carbonyl (C=O) groups is 1. The maximum atomic E-state index is 11.5. The van der Waals surface area contributed by atoms with Gasteiger partial charge in [-0.15, -0.1) is 0 Å². The van der Waals surface area contributed by atoms with Crippen molar-refractivity contribution >= 4 is 5.97 Å². The Hall–Kier alpha value is -1.90. The monoisotopic (exact) mass is 300 g/mol. The molecule has 1 heterocycles. The maximum Gasteiger partial charge on any atom is 0.317 e. The number of rotatable bonds is 9. The highest BCUT2D eigenvalue weighted by molar-refractivity contribution is 5.68. The van der Waals surface area contributed by atoms with Crippen LogP contribution in [0.15, 0.2) is 17.1 Å². The van der Waals surface area contributed by atoms with Crippen LogP contribution < -0.4 is 5.43 Å². The molecule has 0 unspecified atom stereocenters. The molecule has 3 N–H and O–H groups in total. The first-order chi connectivity index (χ1) is 9.93. The van der Waals surface area contributed by atoms with Crippen LogP contribution in [-0.2, 0) is 22.6 Å². The van der Waals surface area contributed by atoms with E-state index < -0.39 is 11.4 Å². The van der Waals surface area contributed by atoms with E-state index in [-0.39, 0.29) is 32.1 Å². The van der Waals surface area contributed by atoms with Crippen LogP contribution in [0.2, 0.25) is 0 Å². The van der Waals surface area contributed by atoms with E-state index >= 15 is 0 Å². The molecule has 0 spiro atoms. The molecule has 8 heteroatoms. The summed E-state index contributed by atoms with van der Waals surface area (Å²) in [4.78, 5) is 23.7. The van der Waals surface area contributed by atoms with Crippen LogP contribution in [-0.4, -0.2) is 64.2 Å². The molecule has 0 aromatic carbocycles. The summed E-state index contributed by atoms with van der Waals surface area (Å²) >= 11 is 0. The van der Waals surface area contributed by atoms with Gasteiger partial charge in [-0.05, 0) is 7.05 Å². The third-order valence-electron chi connectivity index (χ3n) is 2.75. The van der Waals surface area contributed by atoms with E-state index in [1.165, 1.54) is 12.3 Å². The standard InChI is InChI=1S/C13H20N2O6/c1-14(9-13(19)20)7-10-6-11(17)12(18)8-15(10)2-4-21-5-3-16/h6,8,16,18H,2-5,7,9H2,1H3,(H,19,20). The topological polar surface area (TPSA) is 112 Å². The smallest absolute Gasteiger partial charge is 0.317 e. The number of hydrogen-bond donors (Lipinski definition) is 3. The third-order valence-corrected chi connectivity index (χ3v) is 2.75. The summed E-state index contributed by atoms with van der Waals surface area (Å²) in [7, 11) is 1.62. The van der Waals surface area contributed by atoms with Crippen LogP contribution in [0.4, 0.5) is 0 Å². The number of ether oxygens (including phenoxy) is 1. The van der Waals surface area contributed by atoms with Gasteiger partial charge in [0.25, 0.3) is 0 Å². The van der Waals surface area contributed by atoms with Crippen molar-refractivity contribution in [2.45, 2.75) is 13.1 Å². The molecule has 21 heavy (non-hydrogen) atoms. The zero-order chi connectivity index (χ0) is 15.8. The number of carboxylic acid groups (broad SMARTS) is 1. The number of carboxylic acids is 1. The Morgan fingerprint density at radius 2 is 2.14 bits per heavy atom. The molecule has 0 aliphatic heterocycles. The molecule has 0 radical (unpaired) electrons. The van der Waals surface area contributed by atoms with Crippen LogP contribution in [0.1, 0.15) is 5.69 Å². The molecule has 1 aromatic rings. The Kier molecular flexibility index (Phi) is 6.86. The van der Waals surface area contributed by atoms with Gasteiger partial charge in [0.2, 0.25) is 5.43 Å². The first-order valence-corrected chi connectivity index (χ1v) is 6.45. The van der Waals surface area contributed by atoms with Gasteiger partial charge >= 0.3 is 5.97 Å². The van der Waals surface area contributed by atoms with Gasteiger partial charge in [0.05, 0.1) is 32.6 Å². The first-order valence-electron chi connectivity index (χ1n) is 6.45. The Labute approximate surface area is 121 Å². The summed E-state index contributed by atoms with van der Waals surface area (Å²) in [5, 5.41) is 26.8. The fraction of sp³-hybridized carbons (Fsp3) is 0.538. The molecule has 0 bridgehead atoms. The second-order valence-electron chi connectivity index (χ2n) is 4.61. The Morgan fingerprint density at radius 1 is 1.43 bits per heavy atom. The molecule has 1 rings (SSSR count). The second kappa shape index (κ2) is 8.40. The van der Waals surface area contributed by atoms with E-state index in [4.69, 9.17) is 14.9 Å². The molecule has 0 fully saturated rings. The molecule has 118 valence electrons. The highest BCUT2D eigenvalue weighted by Gasteiger charge is 2.10. The zero-order valence-electron chi connectivity index (χ0n) is 11.9. The van der Waals surface area contributed by atoms with E-state index in [0.717, 1.165) is 0 Å². The van der Waals surface area contributed by atoms with Crippen LogP contribution >= 0.6 is 0 Å². The minimum absolute atomic E-state index is 0.0797. The van der Waals surface area contributed by atoms with Crippen molar-refractivity contribution in [3.63, 3.8) is 0 Å². The van der Waals surface area contributed by atoms with Crippen LogP contribution in [0.25, 0.3) is 0 Å². The van der Waals surface area contributed by atoms with E-state index in [1.54, 1.807) is 16.5 Å². The van der Waals surface area contributed by atoms with Crippen molar-refractivity contribution < 1.29 is 24.9 Å². The number of aliphatic carboxylic acids is 1. The van der Waals surface area contributed by atoms with Crippen molar-refractivity contribution in [3.8, 4) is 5.75 Å². The third kappa shape index (κ3) is 5.94. The normalized spacial score (nSPS) is 11.0. The SMILES string of the molecule is CN(CC(=O)O)Cc1cc(=O)c(O)cn1CCOCCO. The summed E-state index contributed by atoms with van der Waals surface area (Å²) in [5.41, 5.74) is 0.0652. The fourth-order valence-corrected chi connectivity index (χ4v) is 1.84. The number of aromatic hydroxyl groups is 1. The van der Waals surface area contributed by atoms with Crippen LogP contribution in [0.3, 0.4) is 0 Å². The predicted molar refractivity (Wildman–Crippen MR) is 74.2 cm³/mol. The Bertz CT molecular complexity index is 528. The average molecular weight is 300 g/mol. The minimum atomic E-state index is -0.962. The number of aliphatic hydroxyl groups is 1. The lowest BCUT2D eigenvalue weighted by atomic mass is 10.3. The van der Waals surface area contributed by atoms with E-state index in [0.29, 0.717) is 18.8 Å². The Balaban J connectivity index is 2.81. The highest BCUT2D eigenvalue weighted by Crippen LogP contribution is 2.07. The van der Waals surface area contributed by atoms with Crippen molar-refractivity contribution in [2.24, 2.45) is 0 Å². The lowest BCUT2D eigenvalue weighted by Crippen LogP contribution is -2.28. The summed E-state index contributed by atoms with van der Waals surface area (Å²) in [6.07, 6.45) is 1.30. The van der Waals surface area contributed by atoms with Crippen molar-refractivity contribution in [1.82, 2.24) is 9.47 Å². The summed E-state index contributed by atoms with van der Waals surface area (Å²) in [6, 6.07) is 1.28. The number of pyridine rings is 1. The van der Waals surface area contributed by atoms with Crippen molar-refractivity contribution in [2.75, 3.05) is 33.4 Å². The average Bonchev–Trinajstić information content (AvgIpc) is 2.39. The summed E-state index contributed by atoms with van der Waals surface area (Å²) in [6.45, 7) is 0.907. The molecular formula is C13H20N2O6. The Morgan fingerprint density at radius 3 is 2.76 bits per heavy atom. The lowest BCUT2D eigenvalue weighted by molar-refractivity contribution is -0.138. The van der Waals surface area contributed by atoms with Crippen LogP contribution in [0, 0.1) is 0 Å². The predicted octanol–water partition coefficient (Wildman–Crippen LogP) is -0.921. The minimum Gasteiger partial charge on any atom is -0.503 e. The van der Waals surface area contributed by atoms with Gasteiger partial charge in [0.1, 0.15) is 0 Å². The number of likely N-dealkylation sites (N-methyl/N-ethyl adjacent to an activating group) is 1. The van der Waals surface area contributed by atoms with Gasteiger partial charge in [-0.3, -0.25) is 14.5 Å². The summed E-state index contributed by atoms with van der Waals surface area (Å²) < 4.78 is 6.77. The number of aliphatic hydroxyl groups excluding tert-OH is 1. The molecule has 0 atom stereocenters. The van der Waals surface area contributed by atoms with Gasteiger partial charge in [0, 0.05) is 24.8 Å². The molecule has 0 aliphatic rings. The second-order valence-corrected chi connectivity index (χ2v) is 4.61. The summed E-state index contributed by atoms with van der Waals surface area (Å²) in [5.74, 6) is -1.33. The number of hydrogen-bond acceptors (Lipinski definition) is 6. The maximum absolute atomic E-state index is 11.5. The van der Waals surface area contributed by atoms with Gasteiger partial charge in [-0.25, -0.2) is 0 Å². The van der Waals surface area contributed by atoms with E-state index in [9.17, 15) is 14.7 Å². The van der Waals surface area contributed by atoms with E-state index in [2.05, 4.69) is 0 Å². The fourth-order valence-electron chi connectivity index (χ4n) is 1.84. The van der Waals surface area contributed by atoms with Gasteiger partial charge in [-0.1, -0.05) is 0 Å². The highest BCUT2D eigenvalue weighted by atomic mass is 16.5. The molecular weight excluding hydrogens is 280 g/mol. The molecule has 1 aromatic heterocycles. The quantitative estimate of drug-likeness (QED) is 0.505. The lowest BCUT2D eigenvalue weighted by Gasteiger charge is -2.19. The zero-order valence-corrected chi connectivity index (χ0v) is 11.9. The molecule has 8 nitrogen and oxygen atoms in total. The molecule has 0 saturated heterocycles. The number of aromatic nitrogens is 1. The van der Waals surface area contributed by atoms with Gasteiger partial charge in [-0.2, -0.15) is 0 Å². The molecule has 0 amide bonds. The number of nitrogens with zero attached hydrogens (tertiary/aromatic N) is 2. The van der Waals surface area contributed by atoms with E-state index in [1.807, 2.05) is 0 Å². The largest absolute Gasteiger partial charge is 0.503 e. The molecule has 0 saturated carbocycles. The van der Waals surface area contributed by atoms with Gasteiger partial charge in [0.15, 0.2) is 5.75 Å². The van der Waals surface area contributed by atoms with Crippen LogP contribution in [0.5, 0.6) is 5.75 Å².